The van der Waals surface area contributed by atoms with Crippen molar-refractivity contribution in [2.24, 2.45) is 5.84 Å². The van der Waals surface area contributed by atoms with Crippen LogP contribution in [0.3, 0.4) is 0 Å². The van der Waals surface area contributed by atoms with Gasteiger partial charge in [0.15, 0.2) is 5.65 Å². The molecule has 0 atom stereocenters. The van der Waals surface area contributed by atoms with Gasteiger partial charge in [-0.1, -0.05) is 0 Å². The quantitative estimate of drug-likeness (QED) is 0.545. The smallest absolute Gasteiger partial charge is 0.158 e. The summed E-state index contributed by atoms with van der Waals surface area (Å²) in [6, 6.07) is 9.80. The summed E-state index contributed by atoms with van der Waals surface area (Å²) in [5, 5.41) is 4.41. The number of aromatic nitrogens is 3. The van der Waals surface area contributed by atoms with E-state index in [-0.39, 0.29) is 5.82 Å². The summed E-state index contributed by atoms with van der Waals surface area (Å²) in [6.45, 7) is 1.88. The fraction of sp³-hybridized carbons (Fsp3) is 0.0769. The number of anilines is 1. The number of halogens is 1. The van der Waals surface area contributed by atoms with E-state index in [1.807, 2.05) is 13.0 Å². The number of hydrogen-bond acceptors (Lipinski definition) is 4. The number of hydrazine groups is 1. The van der Waals surface area contributed by atoms with Gasteiger partial charge in [0.25, 0.3) is 0 Å². The Balaban J connectivity index is 2.18. The molecule has 2 heterocycles. The Morgan fingerprint density at radius 3 is 2.63 bits per heavy atom. The molecule has 0 aliphatic heterocycles. The van der Waals surface area contributed by atoms with Gasteiger partial charge in [0, 0.05) is 23.4 Å². The maximum Gasteiger partial charge on any atom is 0.158 e. The van der Waals surface area contributed by atoms with Gasteiger partial charge in [0.05, 0.1) is 5.69 Å². The van der Waals surface area contributed by atoms with Crippen molar-refractivity contribution in [1.82, 2.24) is 14.6 Å². The lowest BCUT2D eigenvalue weighted by Crippen LogP contribution is -2.12. The van der Waals surface area contributed by atoms with Crippen molar-refractivity contribution in [3.63, 3.8) is 0 Å². The van der Waals surface area contributed by atoms with E-state index in [4.69, 9.17) is 5.84 Å². The van der Waals surface area contributed by atoms with Crippen LogP contribution in [0.15, 0.2) is 36.4 Å². The maximum absolute atomic E-state index is 12.9. The SMILES string of the molecule is Cc1cc(NN)n2nc(-c3ccc(F)cc3)cc2n1. The van der Waals surface area contributed by atoms with E-state index in [9.17, 15) is 4.39 Å². The lowest BCUT2D eigenvalue weighted by molar-refractivity contribution is 0.628. The Morgan fingerprint density at radius 2 is 1.95 bits per heavy atom. The van der Waals surface area contributed by atoms with Crippen LogP contribution in [0.4, 0.5) is 10.2 Å². The third-order valence-corrected chi connectivity index (χ3v) is 2.84. The van der Waals surface area contributed by atoms with Gasteiger partial charge in [0.1, 0.15) is 11.6 Å². The summed E-state index contributed by atoms with van der Waals surface area (Å²) < 4.78 is 14.5. The molecule has 0 saturated heterocycles. The molecule has 6 heteroatoms. The monoisotopic (exact) mass is 257 g/mol. The standard InChI is InChI=1S/C13H12FN5/c1-8-6-13(17-15)19-12(16-8)7-11(18-19)9-2-4-10(14)5-3-9/h2-7,17H,15H2,1H3. The van der Waals surface area contributed by atoms with Gasteiger partial charge >= 0.3 is 0 Å². The fourth-order valence-corrected chi connectivity index (χ4v) is 1.96. The van der Waals surface area contributed by atoms with Crippen LogP contribution in [0.2, 0.25) is 0 Å². The normalized spacial score (nSPS) is 10.9. The molecule has 3 rings (SSSR count). The molecular formula is C13H12FN5. The van der Waals surface area contributed by atoms with Gasteiger partial charge in [0.2, 0.25) is 0 Å². The first-order valence-corrected chi connectivity index (χ1v) is 5.77. The van der Waals surface area contributed by atoms with E-state index < -0.39 is 0 Å². The molecule has 0 aliphatic carbocycles. The number of fused-ring (bicyclic) bond motifs is 1. The van der Waals surface area contributed by atoms with Crippen LogP contribution in [0, 0.1) is 12.7 Å². The second-order valence-electron chi connectivity index (χ2n) is 4.23. The van der Waals surface area contributed by atoms with Gasteiger partial charge in [-0.15, -0.1) is 0 Å². The van der Waals surface area contributed by atoms with Crippen molar-refractivity contribution in [2.45, 2.75) is 6.92 Å². The topological polar surface area (TPSA) is 68.2 Å². The highest BCUT2D eigenvalue weighted by Gasteiger charge is 2.09. The van der Waals surface area contributed by atoms with Gasteiger partial charge in [-0.25, -0.2) is 15.2 Å². The zero-order chi connectivity index (χ0) is 13.4. The van der Waals surface area contributed by atoms with Gasteiger partial charge in [-0.05, 0) is 31.2 Å². The van der Waals surface area contributed by atoms with E-state index in [1.165, 1.54) is 12.1 Å². The number of aryl methyl sites for hydroxylation is 1. The Kier molecular flexibility index (Phi) is 2.64. The highest BCUT2D eigenvalue weighted by molar-refractivity contribution is 5.65. The van der Waals surface area contributed by atoms with Crippen LogP contribution in [0.5, 0.6) is 0 Å². The molecule has 0 saturated carbocycles. The van der Waals surface area contributed by atoms with Crippen LogP contribution in [-0.4, -0.2) is 14.6 Å². The molecular weight excluding hydrogens is 245 g/mol. The molecule has 3 N–H and O–H groups in total. The maximum atomic E-state index is 12.9. The molecule has 0 amide bonds. The van der Waals surface area contributed by atoms with E-state index >= 15 is 0 Å². The number of nitrogens with one attached hydrogen (secondary N) is 1. The average molecular weight is 257 g/mol. The van der Waals surface area contributed by atoms with Crippen LogP contribution in [-0.2, 0) is 0 Å². The summed E-state index contributed by atoms with van der Waals surface area (Å²) in [4.78, 5) is 4.38. The van der Waals surface area contributed by atoms with Crippen molar-refractivity contribution in [2.75, 3.05) is 5.43 Å². The first kappa shape index (κ1) is 11.6. The molecule has 0 unspecified atom stereocenters. The van der Waals surface area contributed by atoms with Crippen LogP contribution < -0.4 is 11.3 Å². The minimum Gasteiger partial charge on any atom is -0.308 e. The van der Waals surface area contributed by atoms with Gasteiger partial charge < -0.3 is 5.43 Å². The third-order valence-electron chi connectivity index (χ3n) is 2.84. The van der Waals surface area contributed by atoms with E-state index in [0.717, 1.165) is 17.0 Å². The molecule has 2 aromatic heterocycles. The first-order valence-electron chi connectivity index (χ1n) is 5.77. The van der Waals surface area contributed by atoms with Crippen molar-refractivity contribution < 1.29 is 4.39 Å². The molecule has 3 aromatic rings. The fourth-order valence-electron chi connectivity index (χ4n) is 1.96. The zero-order valence-electron chi connectivity index (χ0n) is 10.3. The molecule has 5 nitrogen and oxygen atoms in total. The van der Waals surface area contributed by atoms with Crippen molar-refractivity contribution in [3.8, 4) is 11.3 Å². The summed E-state index contributed by atoms with van der Waals surface area (Å²) in [5.74, 6) is 5.84. The van der Waals surface area contributed by atoms with E-state index in [0.29, 0.717) is 11.5 Å². The summed E-state index contributed by atoms with van der Waals surface area (Å²) >= 11 is 0. The molecule has 0 bridgehead atoms. The summed E-state index contributed by atoms with van der Waals surface area (Å²) in [7, 11) is 0. The second-order valence-corrected chi connectivity index (χ2v) is 4.23. The molecule has 96 valence electrons. The van der Waals surface area contributed by atoms with Crippen LogP contribution in [0.1, 0.15) is 5.69 Å². The first-order chi connectivity index (χ1) is 9.17. The predicted molar refractivity (Wildman–Crippen MR) is 70.9 cm³/mol. The minimum absolute atomic E-state index is 0.272. The molecule has 0 aliphatic rings. The Labute approximate surface area is 108 Å². The van der Waals surface area contributed by atoms with E-state index in [1.54, 1.807) is 22.7 Å². The van der Waals surface area contributed by atoms with Crippen molar-refractivity contribution >= 4 is 11.5 Å². The van der Waals surface area contributed by atoms with Gasteiger partial charge in [-0.3, -0.25) is 0 Å². The number of hydrogen-bond donors (Lipinski definition) is 2. The second kappa shape index (κ2) is 4.33. The molecule has 0 fully saturated rings. The molecule has 0 spiro atoms. The minimum atomic E-state index is -0.272. The van der Waals surface area contributed by atoms with Crippen LogP contribution in [0.25, 0.3) is 16.9 Å². The third kappa shape index (κ3) is 2.02. The Bertz CT molecular complexity index is 733. The molecule has 19 heavy (non-hydrogen) atoms. The number of nitrogens with two attached hydrogens (primary N) is 1. The lowest BCUT2D eigenvalue weighted by Gasteiger charge is -2.03. The summed E-state index contributed by atoms with van der Waals surface area (Å²) in [5.41, 5.74) is 5.65. The van der Waals surface area contributed by atoms with Crippen molar-refractivity contribution in [3.05, 3.63) is 47.9 Å². The Hall–Kier alpha value is -2.47. The number of benzene rings is 1. The highest BCUT2D eigenvalue weighted by Crippen LogP contribution is 2.21. The Morgan fingerprint density at radius 1 is 1.21 bits per heavy atom. The summed E-state index contributed by atoms with van der Waals surface area (Å²) in [6.07, 6.45) is 0. The lowest BCUT2D eigenvalue weighted by atomic mass is 10.1. The van der Waals surface area contributed by atoms with Gasteiger partial charge in [-0.2, -0.15) is 9.61 Å². The predicted octanol–water partition coefficient (Wildman–Crippen LogP) is 2.13. The highest BCUT2D eigenvalue weighted by atomic mass is 19.1. The van der Waals surface area contributed by atoms with E-state index in [2.05, 4.69) is 15.5 Å². The number of nitrogen functional groups attached to an aromatic ring is 1. The molecule has 0 radical (unpaired) electrons. The zero-order valence-corrected chi connectivity index (χ0v) is 10.3. The number of nitrogens with zero attached hydrogens (tertiary/aromatic N) is 3. The van der Waals surface area contributed by atoms with Crippen LogP contribution >= 0.6 is 0 Å². The van der Waals surface area contributed by atoms with Crippen molar-refractivity contribution in [1.29, 1.82) is 0 Å². The number of rotatable bonds is 2. The largest absolute Gasteiger partial charge is 0.308 e. The molecule has 1 aromatic carbocycles. The average Bonchev–Trinajstić information content (AvgIpc) is 2.82.